The number of nitrogens with one attached hydrogen (secondary N) is 1. The lowest BCUT2D eigenvalue weighted by Crippen LogP contribution is -2.34. The van der Waals surface area contributed by atoms with E-state index in [1.807, 2.05) is 13.2 Å². The Labute approximate surface area is 117 Å². The van der Waals surface area contributed by atoms with E-state index in [9.17, 15) is 0 Å². The summed E-state index contributed by atoms with van der Waals surface area (Å²) < 4.78 is 0. The molecule has 1 aliphatic carbocycles. The minimum atomic E-state index is 0.745. The van der Waals surface area contributed by atoms with Crippen LogP contribution in [-0.4, -0.2) is 30.0 Å². The van der Waals surface area contributed by atoms with Gasteiger partial charge in [0.05, 0.1) is 5.69 Å². The smallest absolute Gasteiger partial charge is 0.0544 e. The van der Waals surface area contributed by atoms with Gasteiger partial charge in [-0.2, -0.15) is 0 Å². The molecule has 106 valence electrons. The second kappa shape index (κ2) is 7.01. The molecule has 0 unspecified atom stereocenters. The highest BCUT2D eigenvalue weighted by Crippen LogP contribution is 2.26. The molecule has 0 aromatic carbocycles. The molecular weight excluding hydrogens is 234 g/mol. The third-order valence-corrected chi connectivity index (χ3v) is 4.29. The lowest BCUT2D eigenvalue weighted by Gasteiger charge is -2.33. The fourth-order valence-electron chi connectivity index (χ4n) is 2.93. The van der Waals surface area contributed by atoms with Gasteiger partial charge in [-0.1, -0.05) is 13.0 Å². The molecule has 0 amide bonds. The van der Waals surface area contributed by atoms with Gasteiger partial charge in [-0.15, -0.1) is 0 Å². The zero-order chi connectivity index (χ0) is 13.7. The van der Waals surface area contributed by atoms with Crippen LogP contribution in [0.3, 0.4) is 0 Å². The maximum absolute atomic E-state index is 4.57. The summed E-state index contributed by atoms with van der Waals surface area (Å²) in [5.41, 5.74) is 2.43. The molecule has 0 saturated heterocycles. The minimum absolute atomic E-state index is 0.745. The Morgan fingerprint density at radius 1 is 1.26 bits per heavy atom. The van der Waals surface area contributed by atoms with Gasteiger partial charge in [0, 0.05) is 25.3 Å². The standard InChI is InChI=1S/C16H27N3/c1-13-4-8-16(9-5-13)19(3)12-15-7-6-14(10-17-2)11-18-15/h6-7,11,13,16-17H,4-5,8-10,12H2,1-3H3. The van der Waals surface area contributed by atoms with E-state index >= 15 is 0 Å². The number of hydrogen-bond donors (Lipinski definition) is 1. The predicted molar refractivity (Wildman–Crippen MR) is 79.9 cm³/mol. The molecule has 1 aromatic heterocycles. The van der Waals surface area contributed by atoms with Crippen molar-refractivity contribution < 1.29 is 0 Å². The highest BCUT2D eigenvalue weighted by atomic mass is 15.1. The summed E-state index contributed by atoms with van der Waals surface area (Å²) in [7, 11) is 4.20. The first-order valence-corrected chi connectivity index (χ1v) is 7.47. The number of nitrogens with zero attached hydrogens (tertiary/aromatic N) is 2. The van der Waals surface area contributed by atoms with E-state index < -0.39 is 0 Å². The Morgan fingerprint density at radius 2 is 2.00 bits per heavy atom. The van der Waals surface area contributed by atoms with Crippen molar-refractivity contribution in [2.24, 2.45) is 5.92 Å². The molecule has 0 atom stereocenters. The third kappa shape index (κ3) is 4.29. The van der Waals surface area contributed by atoms with Gasteiger partial charge in [0.25, 0.3) is 0 Å². The van der Waals surface area contributed by atoms with E-state index in [1.54, 1.807) is 0 Å². The Bertz CT molecular complexity index is 366. The lowest BCUT2D eigenvalue weighted by molar-refractivity contribution is 0.162. The van der Waals surface area contributed by atoms with Crippen molar-refractivity contribution >= 4 is 0 Å². The van der Waals surface area contributed by atoms with Crippen molar-refractivity contribution in [3.8, 4) is 0 Å². The molecule has 1 fully saturated rings. The van der Waals surface area contributed by atoms with E-state index in [1.165, 1.54) is 36.9 Å². The summed E-state index contributed by atoms with van der Waals surface area (Å²) in [4.78, 5) is 7.04. The molecule has 1 N–H and O–H groups in total. The van der Waals surface area contributed by atoms with E-state index in [0.717, 1.165) is 25.0 Å². The number of hydrogen-bond acceptors (Lipinski definition) is 3. The number of pyridine rings is 1. The first-order valence-electron chi connectivity index (χ1n) is 7.47. The van der Waals surface area contributed by atoms with Gasteiger partial charge in [-0.3, -0.25) is 9.88 Å². The summed E-state index contributed by atoms with van der Waals surface area (Å²) in [5, 5.41) is 3.15. The van der Waals surface area contributed by atoms with Crippen LogP contribution in [0.2, 0.25) is 0 Å². The molecule has 1 aromatic rings. The highest BCUT2D eigenvalue weighted by molar-refractivity contribution is 5.13. The maximum Gasteiger partial charge on any atom is 0.0544 e. The molecule has 1 heterocycles. The Hall–Kier alpha value is -0.930. The van der Waals surface area contributed by atoms with Crippen LogP contribution in [0.5, 0.6) is 0 Å². The second-order valence-electron chi connectivity index (χ2n) is 6.02. The molecule has 1 aliphatic rings. The predicted octanol–water partition coefficient (Wildman–Crippen LogP) is 2.81. The first kappa shape index (κ1) is 14.5. The highest BCUT2D eigenvalue weighted by Gasteiger charge is 2.21. The summed E-state index contributed by atoms with van der Waals surface area (Å²) in [6.07, 6.45) is 7.43. The Balaban J connectivity index is 1.86. The summed E-state index contributed by atoms with van der Waals surface area (Å²) in [6, 6.07) is 5.08. The van der Waals surface area contributed by atoms with Crippen molar-refractivity contribution in [1.82, 2.24) is 15.2 Å². The van der Waals surface area contributed by atoms with Crippen LogP contribution in [0.1, 0.15) is 43.9 Å². The zero-order valence-electron chi connectivity index (χ0n) is 12.5. The molecule has 0 bridgehead atoms. The van der Waals surface area contributed by atoms with Gasteiger partial charge >= 0.3 is 0 Å². The second-order valence-corrected chi connectivity index (χ2v) is 6.02. The Kier molecular flexibility index (Phi) is 5.34. The molecule has 0 spiro atoms. The van der Waals surface area contributed by atoms with Crippen molar-refractivity contribution in [1.29, 1.82) is 0 Å². The topological polar surface area (TPSA) is 28.2 Å². The van der Waals surface area contributed by atoms with Crippen LogP contribution in [-0.2, 0) is 13.1 Å². The zero-order valence-corrected chi connectivity index (χ0v) is 12.5. The van der Waals surface area contributed by atoms with E-state index in [2.05, 4.69) is 41.3 Å². The van der Waals surface area contributed by atoms with Gasteiger partial charge in [0.15, 0.2) is 0 Å². The van der Waals surface area contributed by atoms with Crippen molar-refractivity contribution in [2.45, 2.75) is 51.7 Å². The normalized spacial score (nSPS) is 23.8. The monoisotopic (exact) mass is 261 g/mol. The quantitative estimate of drug-likeness (QED) is 0.883. The number of aromatic nitrogens is 1. The molecule has 0 radical (unpaired) electrons. The molecule has 19 heavy (non-hydrogen) atoms. The van der Waals surface area contributed by atoms with Gasteiger partial charge in [0.2, 0.25) is 0 Å². The largest absolute Gasteiger partial charge is 0.316 e. The van der Waals surface area contributed by atoms with Gasteiger partial charge in [-0.05, 0) is 57.3 Å². The minimum Gasteiger partial charge on any atom is -0.316 e. The molecule has 0 aliphatic heterocycles. The van der Waals surface area contributed by atoms with Crippen molar-refractivity contribution in [2.75, 3.05) is 14.1 Å². The average molecular weight is 261 g/mol. The molecule has 2 rings (SSSR count). The van der Waals surface area contributed by atoms with Crippen molar-refractivity contribution in [3.63, 3.8) is 0 Å². The fourth-order valence-corrected chi connectivity index (χ4v) is 2.93. The Morgan fingerprint density at radius 3 is 2.58 bits per heavy atom. The van der Waals surface area contributed by atoms with Crippen LogP contribution in [0.25, 0.3) is 0 Å². The van der Waals surface area contributed by atoms with Gasteiger partial charge in [-0.25, -0.2) is 0 Å². The van der Waals surface area contributed by atoms with Gasteiger partial charge < -0.3 is 5.32 Å². The lowest BCUT2D eigenvalue weighted by atomic mass is 9.87. The summed E-state index contributed by atoms with van der Waals surface area (Å²) in [5.74, 6) is 0.920. The maximum atomic E-state index is 4.57. The van der Waals surface area contributed by atoms with Crippen LogP contribution >= 0.6 is 0 Å². The number of rotatable bonds is 5. The summed E-state index contributed by atoms with van der Waals surface area (Å²) >= 11 is 0. The first-order chi connectivity index (χ1) is 9.19. The van der Waals surface area contributed by atoms with E-state index in [4.69, 9.17) is 0 Å². The third-order valence-electron chi connectivity index (χ3n) is 4.29. The molecule has 3 heteroatoms. The SMILES string of the molecule is CNCc1ccc(CN(C)C2CCC(C)CC2)nc1. The fraction of sp³-hybridized carbons (Fsp3) is 0.688. The van der Waals surface area contributed by atoms with E-state index in [-0.39, 0.29) is 0 Å². The van der Waals surface area contributed by atoms with Gasteiger partial charge in [0.1, 0.15) is 0 Å². The summed E-state index contributed by atoms with van der Waals surface area (Å²) in [6.45, 7) is 4.24. The molecule has 1 saturated carbocycles. The molecular formula is C16H27N3. The van der Waals surface area contributed by atoms with Crippen LogP contribution in [0.15, 0.2) is 18.3 Å². The van der Waals surface area contributed by atoms with E-state index in [0.29, 0.717) is 0 Å². The van der Waals surface area contributed by atoms with Crippen LogP contribution in [0, 0.1) is 5.92 Å². The molecule has 3 nitrogen and oxygen atoms in total. The van der Waals surface area contributed by atoms with Crippen molar-refractivity contribution in [3.05, 3.63) is 29.6 Å². The average Bonchev–Trinajstić information content (AvgIpc) is 2.42. The van der Waals surface area contributed by atoms with Crippen LogP contribution in [0.4, 0.5) is 0 Å². The van der Waals surface area contributed by atoms with Crippen LogP contribution < -0.4 is 5.32 Å².